The van der Waals surface area contributed by atoms with Gasteiger partial charge in [0.1, 0.15) is 32.8 Å². The molecule has 6 rings (SSSR count). The van der Waals surface area contributed by atoms with Crippen molar-refractivity contribution in [1.29, 1.82) is 5.26 Å². The van der Waals surface area contributed by atoms with Crippen LogP contribution in [-0.4, -0.2) is 56.7 Å². The largest absolute Gasteiger partial charge is 0.457 e. The summed E-state index contributed by atoms with van der Waals surface area (Å²) in [5.74, 6) is 1.35. The van der Waals surface area contributed by atoms with E-state index in [4.69, 9.17) is 9.47 Å². The zero-order valence-corrected chi connectivity index (χ0v) is 28.6. The molecule has 0 aliphatic carbocycles. The topological polar surface area (TPSA) is 108 Å². The minimum atomic E-state index is -0.590. The number of ether oxygens (including phenoxy) is 2. The van der Waals surface area contributed by atoms with Gasteiger partial charge >= 0.3 is 0 Å². The molecule has 0 saturated carbocycles. The Kier molecular flexibility index (Phi) is 9.27. The highest BCUT2D eigenvalue weighted by Gasteiger charge is 2.28. The first kappa shape index (κ1) is 32.8. The maximum absolute atomic E-state index is 13.9. The van der Waals surface area contributed by atoms with E-state index in [1.807, 2.05) is 88.4 Å². The van der Waals surface area contributed by atoms with E-state index in [1.165, 1.54) is 11.3 Å². The molecule has 1 aliphatic rings. The molecule has 3 aromatic heterocycles. The number of pyridine rings is 1. The first-order valence-electron chi connectivity index (χ1n) is 16.1. The number of nitrogens with one attached hydrogen (secondary N) is 2. The number of aryl methyl sites for hydroxylation is 1. The fourth-order valence-electron chi connectivity index (χ4n) is 6.36. The number of piperidine rings is 1. The molecule has 1 fully saturated rings. The third kappa shape index (κ3) is 6.65. The highest BCUT2D eigenvalue weighted by molar-refractivity contribution is 7.21. The summed E-state index contributed by atoms with van der Waals surface area (Å²) in [6.07, 6.45) is 5.28. The molecule has 0 radical (unpaired) electrons. The molecule has 9 nitrogen and oxygen atoms in total. The van der Waals surface area contributed by atoms with Crippen molar-refractivity contribution in [2.75, 3.05) is 19.7 Å². The highest BCUT2D eigenvalue weighted by Crippen LogP contribution is 2.35. The lowest BCUT2D eigenvalue weighted by atomic mass is 10.00. The molecule has 10 heteroatoms. The van der Waals surface area contributed by atoms with Crippen LogP contribution < -0.4 is 15.5 Å². The van der Waals surface area contributed by atoms with Crippen molar-refractivity contribution in [2.24, 2.45) is 0 Å². The fraction of sp³-hybridized carbons (Fsp3) is 0.289. The number of nitrogens with zero attached hydrogens (tertiary/aromatic N) is 4. The van der Waals surface area contributed by atoms with E-state index in [2.05, 4.69) is 44.0 Å². The number of para-hydroxylation sites is 1. The first-order chi connectivity index (χ1) is 23.1. The van der Waals surface area contributed by atoms with Gasteiger partial charge in [-0.15, -0.1) is 11.3 Å². The number of H-pyrrole nitrogens is 1. The number of benzene rings is 2. The molecular weight excluding hydrogens is 621 g/mol. The van der Waals surface area contributed by atoms with Crippen LogP contribution in [0.3, 0.4) is 0 Å². The lowest BCUT2D eigenvalue weighted by Crippen LogP contribution is -2.47. The number of aromatic amines is 1. The van der Waals surface area contributed by atoms with Crippen molar-refractivity contribution in [1.82, 2.24) is 24.8 Å². The Bertz CT molecular complexity index is 2130. The summed E-state index contributed by atoms with van der Waals surface area (Å²) in [6, 6.07) is 19.8. The van der Waals surface area contributed by atoms with Gasteiger partial charge in [-0.05, 0) is 88.6 Å². The quantitative estimate of drug-likeness (QED) is 0.120. The van der Waals surface area contributed by atoms with Gasteiger partial charge in [-0.25, -0.2) is 4.98 Å². The van der Waals surface area contributed by atoms with Gasteiger partial charge in [0.05, 0.1) is 33.3 Å². The van der Waals surface area contributed by atoms with Crippen molar-refractivity contribution >= 4 is 45.1 Å². The van der Waals surface area contributed by atoms with E-state index in [1.54, 1.807) is 6.20 Å². The van der Waals surface area contributed by atoms with E-state index < -0.39 is 5.60 Å². The van der Waals surface area contributed by atoms with Crippen LogP contribution in [0, 0.1) is 18.3 Å². The molecular formula is C38H40N6O3S. The van der Waals surface area contributed by atoms with Crippen molar-refractivity contribution in [2.45, 2.75) is 52.2 Å². The zero-order valence-electron chi connectivity index (χ0n) is 27.8. The van der Waals surface area contributed by atoms with Gasteiger partial charge in [0, 0.05) is 37.6 Å². The van der Waals surface area contributed by atoms with E-state index in [0.29, 0.717) is 40.3 Å². The summed E-state index contributed by atoms with van der Waals surface area (Å²) in [5, 5.41) is 14.0. The summed E-state index contributed by atoms with van der Waals surface area (Å²) in [6.45, 7) is 18.3. The van der Waals surface area contributed by atoms with Gasteiger partial charge in [0.25, 0.3) is 5.91 Å². The lowest BCUT2D eigenvalue weighted by Gasteiger charge is -2.36. The van der Waals surface area contributed by atoms with E-state index in [-0.39, 0.29) is 11.9 Å². The number of amides is 1. The standard InChI is InChI=1S/C38H40N6O3S/c1-7-46-38(5,6)21-27(22-39)25(3)43-19-11-12-28(23-43)42-36(45)35-34-33-32(17-18-40-37(33)48-35)44(26(4)41-34)31-16-15-30(20-24(31)2)47-29-13-9-8-10-14-29/h8-10,13-18,20-21,28,41H,3-4,7,11-12,19,23H2,1-2,5-6H3,(H,42,45)/b27-21+/t28-/m1/s1. The molecule has 2 N–H and O–H groups in total. The van der Waals surface area contributed by atoms with Crippen LogP contribution in [0.25, 0.3) is 33.5 Å². The van der Waals surface area contributed by atoms with Crippen LogP contribution in [0.4, 0.5) is 0 Å². The predicted molar refractivity (Wildman–Crippen MR) is 192 cm³/mol. The summed E-state index contributed by atoms with van der Waals surface area (Å²) in [7, 11) is 0. The minimum absolute atomic E-state index is 0.116. The summed E-state index contributed by atoms with van der Waals surface area (Å²) < 4.78 is 13.9. The molecule has 5 aromatic rings. The van der Waals surface area contributed by atoms with Gasteiger partial charge in [-0.3, -0.25) is 9.36 Å². The molecule has 0 unspecified atom stereocenters. The van der Waals surface area contributed by atoms with Crippen LogP contribution in [0.2, 0.25) is 0 Å². The minimum Gasteiger partial charge on any atom is -0.457 e. The van der Waals surface area contributed by atoms with Crippen LogP contribution in [-0.2, 0) is 4.74 Å². The van der Waals surface area contributed by atoms with Crippen LogP contribution in [0.1, 0.15) is 48.8 Å². The van der Waals surface area contributed by atoms with Crippen LogP contribution in [0.5, 0.6) is 11.5 Å². The maximum atomic E-state index is 13.9. The molecule has 1 aliphatic heterocycles. The van der Waals surface area contributed by atoms with Gasteiger partial charge in [0.2, 0.25) is 0 Å². The Balaban J connectivity index is 1.26. The van der Waals surface area contributed by atoms with E-state index >= 15 is 0 Å². The summed E-state index contributed by atoms with van der Waals surface area (Å²) in [4.78, 5) is 25.3. The van der Waals surface area contributed by atoms with Gasteiger partial charge in [-0.1, -0.05) is 31.4 Å². The second-order valence-electron chi connectivity index (χ2n) is 12.5. The Morgan fingerprint density at radius 2 is 2.02 bits per heavy atom. The van der Waals surface area contributed by atoms with Crippen LogP contribution in [0.15, 0.2) is 84.7 Å². The van der Waals surface area contributed by atoms with E-state index in [9.17, 15) is 10.1 Å². The van der Waals surface area contributed by atoms with E-state index in [0.717, 1.165) is 57.9 Å². The van der Waals surface area contributed by atoms with Crippen molar-refractivity contribution in [3.63, 3.8) is 0 Å². The molecule has 2 aromatic carbocycles. The Morgan fingerprint density at radius 3 is 2.75 bits per heavy atom. The normalized spacial score (nSPS) is 15.4. The molecule has 4 heterocycles. The Hall–Kier alpha value is -5.11. The monoisotopic (exact) mass is 660 g/mol. The smallest absolute Gasteiger partial charge is 0.263 e. The SMILES string of the molecule is C=C(/C(C#N)=C/C(C)(C)OCC)N1CCC[C@@H](NC(=O)c2sc3nccc4c3c2[nH]c(=C)n4-c2ccc(Oc3ccccc3)cc2C)C1. The molecule has 0 spiro atoms. The molecule has 1 atom stereocenters. The Morgan fingerprint density at radius 1 is 1.23 bits per heavy atom. The number of carbonyl (C=O) groups excluding carboxylic acids is 1. The number of aromatic nitrogens is 3. The number of rotatable bonds is 10. The van der Waals surface area contributed by atoms with Crippen molar-refractivity contribution < 1.29 is 14.3 Å². The first-order valence-corrected chi connectivity index (χ1v) is 16.9. The molecule has 0 bridgehead atoms. The summed E-state index contributed by atoms with van der Waals surface area (Å²) >= 11 is 1.36. The third-order valence-electron chi connectivity index (χ3n) is 8.52. The van der Waals surface area contributed by atoms with Gasteiger partial charge < -0.3 is 24.7 Å². The number of nitriles is 1. The number of likely N-dealkylation sites (tertiary alicyclic amines) is 1. The number of allylic oxidation sites excluding steroid dienone is 1. The second kappa shape index (κ2) is 13.6. The van der Waals surface area contributed by atoms with Gasteiger partial charge in [-0.2, -0.15) is 5.26 Å². The number of thiophene rings is 1. The maximum Gasteiger partial charge on any atom is 0.263 e. The fourth-order valence-corrected chi connectivity index (χ4v) is 7.38. The van der Waals surface area contributed by atoms with Crippen molar-refractivity contribution in [3.05, 3.63) is 101 Å². The molecule has 1 saturated heterocycles. The average molecular weight is 661 g/mol. The number of hydrogen-bond donors (Lipinski definition) is 2. The van der Waals surface area contributed by atoms with Crippen LogP contribution >= 0.6 is 11.3 Å². The number of carbonyl (C=O) groups is 1. The average Bonchev–Trinajstić information content (AvgIpc) is 3.44. The second-order valence-corrected chi connectivity index (χ2v) is 13.5. The number of hydrogen-bond acceptors (Lipinski definition) is 7. The molecule has 246 valence electrons. The third-order valence-corrected chi connectivity index (χ3v) is 9.62. The molecule has 48 heavy (non-hydrogen) atoms. The summed E-state index contributed by atoms with van der Waals surface area (Å²) in [5.41, 5.74) is 4.73. The highest BCUT2D eigenvalue weighted by atomic mass is 32.1. The predicted octanol–water partition coefficient (Wildman–Crippen LogP) is 7.33. The Labute approximate surface area is 284 Å². The van der Waals surface area contributed by atoms with Gasteiger partial charge in [0.15, 0.2) is 0 Å². The van der Waals surface area contributed by atoms with Crippen molar-refractivity contribution in [3.8, 4) is 23.3 Å². The zero-order chi connectivity index (χ0) is 34.0. The lowest BCUT2D eigenvalue weighted by molar-refractivity contribution is 0.0280. The molecule has 1 amide bonds.